The molecule has 196 valence electrons. The zero-order chi connectivity index (χ0) is 27.6. The highest BCUT2D eigenvalue weighted by Crippen LogP contribution is 2.22. The van der Waals surface area contributed by atoms with Gasteiger partial charge in [-0.05, 0) is 54.4 Å². The molecule has 37 heavy (non-hydrogen) atoms. The number of ether oxygens (including phenoxy) is 1. The third-order valence-corrected chi connectivity index (χ3v) is 5.00. The van der Waals surface area contributed by atoms with Gasteiger partial charge in [0, 0.05) is 19.3 Å². The van der Waals surface area contributed by atoms with E-state index in [-0.39, 0.29) is 17.8 Å². The maximum Gasteiger partial charge on any atom is 0.343 e. The Morgan fingerprint density at radius 2 is 1.57 bits per heavy atom. The molecule has 5 N–H and O–H groups in total. The second kappa shape index (κ2) is 13.2. The first kappa shape index (κ1) is 29.0. The third-order valence-electron chi connectivity index (χ3n) is 5.00. The fourth-order valence-corrected chi connectivity index (χ4v) is 3.24. The molecule has 11 heteroatoms. The van der Waals surface area contributed by atoms with E-state index >= 15 is 0 Å². The van der Waals surface area contributed by atoms with Gasteiger partial charge >= 0.3 is 5.97 Å². The number of anilines is 1. The molecule has 0 aliphatic carbocycles. The van der Waals surface area contributed by atoms with Crippen LogP contribution < -0.4 is 15.8 Å². The number of guanidine groups is 1. The number of esters is 1. The van der Waals surface area contributed by atoms with Crippen molar-refractivity contribution in [1.29, 1.82) is 5.41 Å². The molecule has 0 heterocycles. The number of carbonyl (C=O) groups is 2. The first-order valence-corrected chi connectivity index (χ1v) is 12.9. The minimum absolute atomic E-state index is 0.0119. The van der Waals surface area contributed by atoms with Crippen LogP contribution in [0, 0.1) is 5.41 Å². The smallest absolute Gasteiger partial charge is 0.343 e. The van der Waals surface area contributed by atoms with Crippen molar-refractivity contribution >= 4 is 33.6 Å². The second-order valence-corrected chi connectivity index (χ2v) is 9.68. The third kappa shape index (κ3) is 10.5. The van der Waals surface area contributed by atoms with Crippen molar-refractivity contribution in [2.24, 2.45) is 5.73 Å². The summed E-state index contributed by atoms with van der Waals surface area (Å²) in [6, 6.07) is 23.2. The Labute approximate surface area is 216 Å². The first-order valence-electron chi connectivity index (χ1n) is 11.1. The van der Waals surface area contributed by atoms with Crippen LogP contribution in [-0.2, 0) is 21.5 Å². The lowest BCUT2D eigenvalue weighted by molar-refractivity contribution is -0.131. The van der Waals surface area contributed by atoms with Gasteiger partial charge in [-0.1, -0.05) is 42.5 Å². The molecular weight excluding hydrogens is 496 g/mol. The Morgan fingerprint density at radius 3 is 2.08 bits per heavy atom. The van der Waals surface area contributed by atoms with Gasteiger partial charge in [0.05, 0.1) is 17.7 Å². The molecule has 0 saturated carbocycles. The van der Waals surface area contributed by atoms with Crippen molar-refractivity contribution in [3.8, 4) is 5.75 Å². The van der Waals surface area contributed by atoms with Crippen molar-refractivity contribution in [2.75, 3.05) is 18.6 Å². The number of amides is 1. The Morgan fingerprint density at radius 1 is 1.03 bits per heavy atom. The summed E-state index contributed by atoms with van der Waals surface area (Å²) in [6.07, 6.45) is 0.715. The molecule has 0 spiro atoms. The van der Waals surface area contributed by atoms with Gasteiger partial charge in [-0.3, -0.25) is 14.8 Å². The lowest BCUT2D eigenvalue weighted by atomic mass is 9.99. The van der Waals surface area contributed by atoms with Crippen molar-refractivity contribution in [3.05, 3.63) is 95.6 Å². The summed E-state index contributed by atoms with van der Waals surface area (Å²) in [7, 11) is -1.88. The van der Waals surface area contributed by atoms with Crippen molar-refractivity contribution in [2.45, 2.75) is 19.4 Å². The quantitative estimate of drug-likeness (QED) is 0.120. The van der Waals surface area contributed by atoms with Gasteiger partial charge in [0.1, 0.15) is 5.75 Å². The number of benzene rings is 3. The van der Waals surface area contributed by atoms with Gasteiger partial charge in [0.15, 0.2) is 5.96 Å². The number of carbonyl (C=O) groups excluding carboxylic acids is 2. The molecule has 1 amide bonds. The van der Waals surface area contributed by atoms with Gasteiger partial charge < -0.3 is 20.7 Å². The number of rotatable bonds is 7. The summed E-state index contributed by atoms with van der Waals surface area (Å²) in [4.78, 5) is 26.9. The Kier molecular flexibility index (Phi) is 10.3. The average molecular weight is 527 g/mol. The molecule has 0 fully saturated rings. The fraction of sp³-hybridized carbons (Fsp3) is 0.192. The maximum absolute atomic E-state index is 12.8. The molecule has 10 nitrogen and oxygen atoms in total. The van der Waals surface area contributed by atoms with Crippen LogP contribution in [0.4, 0.5) is 5.69 Å². The van der Waals surface area contributed by atoms with Crippen LogP contribution in [0.25, 0.3) is 0 Å². The monoisotopic (exact) mass is 526 g/mol. The van der Waals surface area contributed by atoms with Gasteiger partial charge in [-0.15, -0.1) is 0 Å². The van der Waals surface area contributed by atoms with Gasteiger partial charge in [-0.25, -0.2) is 4.79 Å². The van der Waals surface area contributed by atoms with Crippen molar-refractivity contribution in [3.63, 3.8) is 0 Å². The predicted molar refractivity (Wildman–Crippen MR) is 142 cm³/mol. The molecule has 1 atom stereocenters. The van der Waals surface area contributed by atoms with Crippen LogP contribution in [0.15, 0.2) is 78.9 Å². The Bertz CT molecular complexity index is 1300. The Balaban J connectivity index is 0.000000877. The lowest BCUT2D eigenvalue weighted by Gasteiger charge is -2.22. The van der Waals surface area contributed by atoms with E-state index in [0.717, 1.165) is 11.1 Å². The molecule has 0 bridgehead atoms. The molecule has 1 unspecified atom stereocenters. The van der Waals surface area contributed by atoms with Crippen LogP contribution in [0.2, 0.25) is 0 Å². The number of nitrogens with two attached hydrogens (primary N) is 1. The van der Waals surface area contributed by atoms with Crippen LogP contribution >= 0.6 is 0 Å². The molecule has 0 aliphatic rings. The standard InChI is InChI=1S/C25H26N4O3.CH4O3S/c1-17(23(30)29(2)16-18-6-4-3-5-7-18)19-10-14-22(15-11-19)32-24(31)20-8-12-21(13-9-20)28-25(26)27;1-5(2,3)4/h3-15,17H,16H2,1-2H3,(H4,26,27,28);1H3,(H,2,3,4). The molecule has 0 aromatic heterocycles. The summed E-state index contributed by atoms with van der Waals surface area (Å²) < 4.78 is 31.3. The fourth-order valence-electron chi connectivity index (χ4n) is 3.24. The number of nitrogens with one attached hydrogen (secondary N) is 2. The first-order chi connectivity index (χ1) is 17.3. The van der Waals surface area contributed by atoms with Crippen molar-refractivity contribution < 1.29 is 27.3 Å². The minimum atomic E-state index is -3.67. The number of likely N-dealkylation sites (N-methyl/N-ethyl adjacent to an activating group) is 1. The highest BCUT2D eigenvalue weighted by atomic mass is 32.2. The molecule has 3 rings (SSSR count). The van der Waals surface area contributed by atoms with Crippen molar-refractivity contribution in [1.82, 2.24) is 4.90 Å². The second-order valence-electron chi connectivity index (χ2n) is 8.21. The van der Waals surface area contributed by atoms with E-state index in [4.69, 9.17) is 20.4 Å². The number of nitrogens with zero attached hydrogens (tertiary/aromatic N) is 1. The van der Waals surface area contributed by atoms with Crippen LogP contribution in [0.1, 0.15) is 34.3 Å². The average Bonchev–Trinajstić information content (AvgIpc) is 2.83. The van der Waals surface area contributed by atoms with Gasteiger partial charge in [-0.2, -0.15) is 8.42 Å². The largest absolute Gasteiger partial charge is 0.423 e. The van der Waals surface area contributed by atoms with Crippen LogP contribution in [0.5, 0.6) is 5.75 Å². The van der Waals surface area contributed by atoms with E-state index in [1.54, 1.807) is 60.5 Å². The summed E-state index contributed by atoms with van der Waals surface area (Å²) in [5, 5.41) is 9.86. The van der Waals surface area contributed by atoms with Gasteiger partial charge in [0.25, 0.3) is 10.1 Å². The van der Waals surface area contributed by atoms with Crippen LogP contribution in [-0.4, -0.2) is 49.0 Å². The van der Waals surface area contributed by atoms with E-state index in [9.17, 15) is 18.0 Å². The zero-order valence-electron chi connectivity index (χ0n) is 20.7. The maximum atomic E-state index is 12.8. The molecule has 3 aromatic rings. The zero-order valence-corrected chi connectivity index (χ0v) is 21.5. The SMILES string of the molecule is CC(C(=O)N(C)Cc1ccccc1)c1ccc(OC(=O)c2ccc(NC(=N)N)cc2)cc1.CS(=O)(=O)O. The summed E-state index contributed by atoms with van der Waals surface area (Å²) in [6.45, 7) is 2.40. The molecule has 0 saturated heterocycles. The predicted octanol–water partition coefficient (Wildman–Crippen LogP) is 3.48. The number of hydrogen-bond donors (Lipinski definition) is 4. The van der Waals surface area contributed by atoms with E-state index < -0.39 is 16.1 Å². The van der Waals surface area contributed by atoms with E-state index in [1.807, 2.05) is 37.3 Å². The molecule has 3 aromatic carbocycles. The van der Waals surface area contributed by atoms with E-state index in [2.05, 4.69) is 5.32 Å². The summed E-state index contributed by atoms with van der Waals surface area (Å²) in [5.41, 5.74) is 8.17. The Hall–Kier alpha value is -4.22. The highest BCUT2D eigenvalue weighted by Gasteiger charge is 2.20. The number of hydrogen-bond acceptors (Lipinski definition) is 6. The van der Waals surface area contributed by atoms with Crippen LogP contribution in [0.3, 0.4) is 0 Å². The van der Waals surface area contributed by atoms with E-state index in [0.29, 0.717) is 29.8 Å². The highest BCUT2D eigenvalue weighted by molar-refractivity contribution is 7.85. The summed E-state index contributed by atoms with van der Waals surface area (Å²) >= 11 is 0. The normalized spacial score (nSPS) is 11.4. The molecule has 0 radical (unpaired) electrons. The van der Waals surface area contributed by atoms with E-state index in [1.165, 1.54) is 0 Å². The lowest BCUT2D eigenvalue weighted by Crippen LogP contribution is -2.30. The molecular formula is C26H30N4O6S. The minimum Gasteiger partial charge on any atom is -0.423 e. The van der Waals surface area contributed by atoms with Gasteiger partial charge in [0.2, 0.25) is 5.91 Å². The summed E-state index contributed by atoms with van der Waals surface area (Å²) in [5.74, 6) is -0.604. The molecule has 0 aliphatic heterocycles. The topological polar surface area (TPSA) is 163 Å².